The third-order valence-corrected chi connectivity index (χ3v) is 6.12. The Kier molecular flexibility index (Phi) is 8.54. The molecule has 2 amide bonds. The molecule has 0 atom stereocenters. The third kappa shape index (κ3) is 6.62. The number of nitrogens with two attached hydrogens (primary N) is 1. The van der Waals surface area contributed by atoms with E-state index in [4.69, 9.17) is 17.3 Å². The molecule has 0 unspecified atom stereocenters. The molecule has 0 aliphatic heterocycles. The standard InChI is InChI=1S/C27H29ClN6O2/c28-23-13-18(7-8-21(23)19-5-2-1-3-6-19)16-30-12-9-26(35)32-11-4-10-31-24-14-20(27(29)36)15-25-22(24)17-33-34-25/h1-3,5-8,13-15,17,30-31H,4,9-12,16H2,(H2,29,36)(H,32,35)(H,33,34). The number of nitrogens with one attached hydrogen (secondary N) is 4. The SMILES string of the molecule is NC(=O)c1cc(NCCCNC(=O)CCNCc2ccc(-c3ccccc3)c(Cl)c2)c2cn[nH]c2c1. The summed E-state index contributed by atoms with van der Waals surface area (Å²) in [5.74, 6) is -0.504. The van der Waals surface area contributed by atoms with Crippen molar-refractivity contribution in [1.82, 2.24) is 20.8 Å². The van der Waals surface area contributed by atoms with Crippen molar-refractivity contribution in [1.29, 1.82) is 0 Å². The average molecular weight is 505 g/mol. The van der Waals surface area contributed by atoms with Crippen LogP contribution in [0.4, 0.5) is 5.69 Å². The van der Waals surface area contributed by atoms with Crippen LogP contribution in [0.2, 0.25) is 5.02 Å². The zero-order valence-electron chi connectivity index (χ0n) is 19.8. The highest BCUT2D eigenvalue weighted by Crippen LogP contribution is 2.28. The first-order valence-electron chi connectivity index (χ1n) is 11.8. The lowest BCUT2D eigenvalue weighted by molar-refractivity contribution is -0.121. The summed E-state index contributed by atoms with van der Waals surface area (Å²) in [6.45, 7) is 2.38. The Morgan fingerprint density at radius 1 is 1.00 bits per heavy atom. The van der Waals surface area contributed by atoms with Gasteiger partial charge in [0.05, 0.1) is 11.7 Å². The smallest absolute Gasteiger partial charge is 0.248 e. The highest BCUT2D eigenvalue weighted by Gasteiger charge is 2.09. The average Bonchev–Trinajstić information content (AvgIpc) is 3.36. The van der Waals surface area contributed by atoms with E-state index in [1.165, 1.54) is 0 Å². The largest absolute Gasteiger partial charge is 0.384 e. The normalized spacial score (nSPS) is 10.9. The van der Waals surface area contributed by atoms with E-state index < -0.39 is 5.91 Å². The maximum Gasteiger partial charge on any atom is 0.248 e. The van der Waals surface area contributed by atoms with Crippen LogP contribution in [0.15, 0.2) is 66.9 Å². The Labute approximate surface area is 214 Å². The maximum atomic E-state index is 12.1. The molecule has 0 aliphatic carbocycles. The molecule has 0 fully saturated rings. The Morgan fingerprint density at radius 2 is 1.83 bits per heavy atom. The molecule has 186 valence electrons. The molecule has 0 spiro atoms. The lowest BCUT2D eigenvalue weighted by atomic mass is 10.0. The van der Waals surface area contributed by atoms with Gasteiger partial charge in [-0.2, -0.15) is 5.10 Å². The van der Waals surface area contributed by atoms with Gasteiger partial charge in [0.25, 0.3) is 0 Å². The Bertz CT molecular complexity index is 1340. The Balaban J connectivity index is 1.13. The van der Waals surface area contributed by atoms with Crippen molar-refractivity contribution in [3.63, 3.8) is 0 Å². The van der Waals surface area contributed by atoms with Crippen LogP contribution >= 0.6 is 11.6 Å². The van der Waals surface area contributed by atoms with Crippen LogP contribution in [0.5, 0.6) is 0 Å². The number of H-pyrrole nitrogens is 1. The fourth-order valence-electron chi connectivity index (χ4n) is 3.92. The number of nitrogens with zero attached hydrogens (tertiary/aromatic N) is 1. The molecule has 0 saturated heterocycles. The molecule has 4 aromatic rings. The van der Waals surface area contributed by atoms with Gasteiger partial charge in [-0.3, -0.25) is 14.7 Å². The van der Waals surface area contributed by atoms with E-state index in [1.807, 2.05) is 48.5 Å². The van der Waals surface area contributed by atoms with Crippen molar-refractivity contribution in [3.8, 4) is 11.1 Å². The number of benzene rings is 3. The number of rotatable bonds is 12. The Hall–Kier alpha value is -3.88. The van der Waals surface area contributed by atoms with E-state index in [9.17, 15) is 9.59 Å². The van der Waals surface area contributed by atoms with Crippen LogP contribution in [-0.4, -0.2) is 41.6 Å². The summed E-state index contributed by atoms with van der Waals surface area (Å²) in [5, 5.41) is 18.0. The van der Waals surface area contributed by atoms with E-state index in [1.54, 1.807) is 18.3 Å². The van der Waals surface area contributed by atoms with E-state index in [0.29, 0.717) is 43.2 Å². The minimum absolute atomic E-state index is 0.00657. The minimum atomic E-state index is -0.497. The van der Waals surface area contributed by atoms with Gasteiger partial charge in [-0.05, 0) is 35.7 Å². The second-order valence-corrected chi connectivity index (χ2v) is 8.86. The highest BCUT2D eigenvalue weighted by molar-refractivity contribution is 6.33. The van der Waals surface area contributed by atoms with Crippen molar-refractivity contribution < 1.29 is 9.59 Å². The van der Waals surface area contributed by atoms with Gasteiger partial charge in [-0.25, -0.2) is 0 Å². The molecule has 0 bridgehead atoms. The number of aromatic amines is 1. The van der Waals surface area contributed by atoms with Crippen molar-refractivity contribution in [2.24, 2.45) is 5.73 Å². The lowest BCUT2D eigenvalue weighted by Gasteiger charge is -2.10. The van der Waals surface area contributed by atoms with Crippen molar-refractivity contribution >= 4 is 40.0 Å². The van der Waals surface area contributed by atoms with Gasteiger partial charge in [0, 0.05) is 59.8 Å². The molecular formula is C27H29ClN6O2. The summed E-state index contributed by atoms with van der Waals surface area (Å²) in [4.78, 5) is 23.7. The van der Waals surface area contributed by atoms with Gasteiger partial charge in [0.1, 0.15) is 0 Å². The summed E-state index contributed by atoms with van der Waals surface area (Å²) in [7, 11) is 0. The zero-order chi connectivity index (χ0) is 25.3. The number of fused-ring (bicyclic) bond motifs is 1. The van der Waals surface area contributed by atoms with Crippen LogP contribution in [0.1, 0.15) is 28.8 Å². The predicted molar refractivity (Wildman–Crippen MR) is 144 cm³/mol. The molecule has 8 nitrogen and oxygen atoms in total. The van der Waals surface area contributed by atoms with Crippen LogP contribution in [0.25, 0.3) is 22.0 Å². The molecule has 0 radical (unpaired) electrons. The number of primary amides is 1. The van der Waals surface area contributed by atoms with Gasteiger partial charge in [0.15, 0.2) is 0 Å². The summed E-state index contributed by atoms with van der Waals surface area (Å²) < 4.78 is 0. The predicted octanol–water partition coefficient (Wildman–Crippen LogP) is 4.08. The number of carbonyl (C=O) groups excluding carboxylic acids is 2. The van der Waals surface area contributed by atoms with Crippen LogP contribution in [0.3, 0.4) is 0 Å². The molecule has 4 rings (SSSR count). The van der Waals surface area contributed by atoms with E-state index in [0.717, 1.165) is 39.7 Å². The topological polar surface area (TPSA) is 125 Å². The molecule has 0 aliphatic rings. The van der Waals surface area contributed by atoms with Crippen molar-refractivity contribution in [2.75, 3.05) is 25.0 Å². The minimum Gasteiger partial charge on any atom is -0.384 e. The van der Waals surface area contributed by atoms with Crippen LogP contribution < -0.4 is 21.7 Å². The maximum absolute atomic E-state index is 12.1. The second-order valence-electron chi connectivity index (χ2n) is 8.46. The van der Waals surface area contributed by atoms with Crippen molar-refractivity contribution in [3.05, 3.63) is 83.0 Å². The summed E-state index contributed by atoms with van der Waals surface area (Å²) in [5.41, 5.74) is 10.5. The molecule has 36 heavy (non-hydrogen) atoms. The van der Waals surface area contributed by atoms with Gasteiger partial charge in [-0.1, -0.05) is 54.1 Å². The summed E-state index contributed by atoms with van der Waals surface area (Å²) in [6.07, 6.45) is 2.81. The quantitative estimate of drug-likeness (QED) is 0.186. The fourth-order valence-corrected chi connectivity index (χ4v) is 4.23. The van der Waals surface area contributed by atoms with E-state index in [2.05, 4.69) is 26.1 Å². The summed E-state index contributed by atoms with van der Waals surface area (Å²) in [6, 6.07) is 19.5. The monoisotopic (exact) mass is 504 g/mol. The number of halogens is 1. The first-order chi connectivity index (χ1) is 17.5. The fraction of sp³-hybridized carbons (Fsp3) is 0.222. The van der Waals surface area contributed by atoms with Crippen LogP contribution in [0, 0.1) is 0 Å². The second kappa shape index (κ2) is 12.2. The van der Waals surface area contributed by atoms with Gasteiger partial charge >= 0.3 is 0 Å². The number of hydrogen-bond acceptors (Lipinski definition) is 5. The third-order valence-electron chi connectivity index (χ3n) is 5.81. The summed E-state index contributed by atoms with van der Waals surface area (Å²) >= 11 is 6.47. The molecule has 0 saturated carbocycles. The van der Waals surface area contributed by atoms with Gasteiger partial charge in [0.2, 0.25) is 11.8 Å². The van der Waals surface area contributed by atoms with Gasteiger partial charge < -0.3 is 21.7 Å². The highest BCUT2D eigenvalue weighted by atomic mass is 35.5. The van der Waals surface area contributed by atoms with E-state index >= 15 is 0 Å². The van der Waals surface area contributed by atoms with Crippen LogP contribution in [-0.2, 0) is 11.3 Å². The van der Waals surface area contributed by atoms with Crippen molar-refractivity contribution in [2.45, 2.75) is 19.4 Å². The molecule has 1 aromatic heterocycles. The molecule has 6 N–H and O–H groups in total. The first-order valence-corrected chi connectivity index (χ1v) is 12.2. The number of anilines is 1. The van der Waals surface area contributed by atoms with E-state index in [-0.39, 0.29) is 5.91 Å². The number of aromatic nitrogens is 2. The molecule has 3 aromatic carbocycles. The zero-order valence-corrected chi connectivity index (χ0v) is 20.6. The molecule has 9 heteroatoms. The lowest BCUT2D eigenvalue weighted by Crippen LogP contribution is -2.29. The number of carbonyl (C=O) groups is 2. The van der Waals surface area contributed by atoms with Gasteiger partial charge in [-0.15, -0.1) is 0 Å². The molecule has 1 heterocycles. The number of hydrogen-bond donors (Lipinski definition) is 5. The molecular weight excluding hydrogens is 476 g/mol. The number of amides is 2. The first kappa shape index (κ1) is 25.2. The Morgan fingerprint density at radius 3 is 2.61 bits per heavy atom.